The summed E-state index contributed by atoms with van der Waals surface area (Å²) in [7, 11) is 1.74. The maximum atomic E-state index is 5.95. The molecule has 4 heterocycles. The van der Waals surface area contributed by atoms with Crippen molar-refractivity contribution in [3.8, 4) is 17.0 Å². The molecule has 3 aliphatic heterocycles. The molecule has 3 atom stereocenters. The third-order valence-electron chi connectivity index (χ3n) is 8.82. The number of morpholine rings is 1. The first kappa shape index (κ1) is 31.5. The molecule has 7 nitrogen and oxygen atoms in total. The van der Waals surface area contributed by atoms with E-state index in [0.717, 1.165) is 104 Å². The summed E-state index contributed by atoms with van der Waals surface area (Å²) in [6, 6.07) is 11.0. The van der Waals surface area contributed by atoms with E-state index >= 15 is 0 Å². The summed E-state index contributed by atoms with van der Waals surface area (Å²) in [4.78, 5) is 13.1. The van der Waals surface area contributed by atoms with Gasteiger partial charge in [0, 0.05) is 55.3 Å². The second-order valence-electron chi connectivity index (χ2n) is 12.8. The van der Waals surface area contributed by atoms with Crippen LogP contribution in [0.25, 0.3) is 11.3 Å². The smallest absolute Gasteiger partial charge is 0.139 e. The Balaban J connectivity index is 1.48. The van der Waals surface area contributed by atoms with Crippen LogP contribution in [0.2, 0.25) is 0 Å². The Hall–Kier alpha value is -2.96. The molecule has 1 aromatic heterocycles. The van der Waals surface area contributed by atoms with Gasteiger partial charge >= 0.3 is 0 Å². The molecule has 0 bridgehead atoms. The van der Waals surface area contributed by atoms with Gasteiger partial charge in [-0.15, -0.1) is 5.73 Å². The number of aliphatic imine (C=N–C) groups is 1. The quantitative estimate of drug-likeness (QED) is 0.285. The van der Waals surface area contributed by atoms with Gasteiger partial charge in [-0.3, -0.25) is 4.98 Å². The number of allylic oxidation sites excluding steroid dienone is 1. The fraction of sp³-hybridized carbons (Fsp3) is 0.583. The van der Waals surface area contributed by atoms with E-state index in [4.69, 9.17) is 24.2 Å². The predicted molar refractivity (Wildman–Crippen MR) is 174 cm³/mol. The largest absolute Gasteiger partial charge is 0.496 e. The first-order valence-electron chi connectivity index (χ1n) is 16.3. The Bertz CT molecular complexity index is 1330. The molecule has 0 radical (unpaired) electrons. The Kier molecular flexibility index (Phi) is 11.1. The van der Waals surface area contributed by atoms with Crippen LogP contribution in [0.3, 0.4) is 0 Å². The Morgan fingerprint density at radius 2 is 1.93 bits per heavy atom. The van der Waals surface area contributed by atoms with Crippen molar-refractivity contribution >= 4 is 5.84 Å². The number of methoxy groups -OCH3 is 1. The lowest BCUT2D eigenvalue weighted by atomic mass is 9.91. The minimum absolute atomic E-state index is 0.234. The fourth-order valence-corrected chi connectivity index (χ4v) is 6.14. The Labute approximate surface area is 258 Å². The molecule has 1 aromatic carbocycles. The number of nitrogens with zero attached hydrogens (tertiary/aromatic N) is 3. The van der Waals surface area contributed by atoms with Crippen molar-refractivity contribution in [2.24, 2.45) is 22.7 Å². The van der Waals surface area contributed by atoms with E-state index in [1.807, 2.05) is 0 Å². The molecule has 2 aromatic rings. The second-order valence-corrected chi connectivity index (χ2v) is 12.8. The number of benzene rings is 1. The molecule has 7 heteroatoms. The van der Waals surface area contributed by atoms with Crippen LogP contribution < -0.4 is 10.1 Å². The van der Waals surface area contributed by atoms with Gasteiger partial charge in [-0.25, -0.2) is 4.99 Å². The second kappa shape index (κ2) is 15.2. The first-order chi connectivity index (χ1) is 20.9. The average molecular weight is 587 g/mol. The minimum atomic E-state index is 0.234. The zero-order chi connectivity index (χ0) is 30.2. The topological polar surface area (TPSA) is 68.2 Å². The van der Waals surface area contributed by atoms with Crippen LogP contribution in [0.1, 0.15) is 70.2 Å². The molecule has 2 fully saturated rings. The highest BCUT2D eigenvalue weighted by Gasteiger charge is 2.28. The van der Waals surface area contributed by atoms with E-state index in [1.54, 1.807) is 7.11 Å². The maximum absolute atomic E-state index is 5.95. The van der Waals surface area contributed by atoms with Crippen molar-refractivity contribution in [1.29, 1.82) is 0 Å². The summed E-state index contributed by atoms with van der Waals surface area (Å²) in [5.41, 5.74) is 10.0. The summed E-state index contributed by atoms with van der Waals surface area (Å²) in [6.45, 7) is 14.6. The molecule has 0 aliphatic carbocycles. The molecule has 1 unspecified atom stereocenters. The lowest BCUT2D eigenvalue weighted by Gasteiger charge is -2.37. The summed E-state index contributed by atoms with van der Waals surface area (Å²) in [5, 5.41) is 3.58. The molecule has 1 N–H and O–H groups in total. The molecule has 43 heavy (non-hydrogen) atoms. The van der Waals surface area contributed by atoms with Crippen LogP contribution >= 0.6 is 0 Å². The molecule has 5 rings (SSSR count). The molecule has 0 amide bonds. The minimum Gasteiger partial charge on any atom is -0.496 e. The lowest BCUT2D eigenvalue weighted by molar-refractivity contribution is 0.0333. The molecular weight excluding hydrogens is 536 g/mol. The molecule has 0 spiro atoms. The fourth-order valence-electron chi connectivity index (χ4n) is 6.14. The number of nitrogens with one attached hydrogen (secondary N) is 1. The zero-order valence-electron chi connectivity index (χ0n) is 26.8. The normalized spacial score (nSPS) is 23.0. The van der Waals surface area contributed by atoms with Gasteiger partial charge in [0.05, 0.1) is 43.5 Å². The number of fused-ring (bicyclic) bond motifs is 1. The van der Waals surface area contributed by atoms with Crippen LogP contribution in [0.4, 0.5) is 0 Å². The number of rotatable bonds is 8. The van der Waals surface area contributed by atoms with Crippen molar-refractivity contribution < 1.29 is 14.2 Å². The number of ether oxygens (including phenoxy) is 3. The Morgan fingerprint density at radius 3 is 2.74 bits per heavy atom. The summed E-state index contributed by atoms with van der Waals surface area (Å²) in [5.74, 6) is 3.49. The van der Waals surface area contributed by atoms with E-state index < -0.39 is 0 Å². The third-order valence-corrected chi connectivity index (χ3v) is 8.82. The van der Waals surface area contributed by atoms with Gasteiger partial charge < -0.3 is 24.4 Å². The number of hydrogen-bond donors (Lipinski definition) is 1. The molecule has 2 saturated heterocycles. The van der Waals surface area contributed by atoms with Gasteiger partial charge in [0.2, 0.25) is 0 Å². The van der Waals surface area contributed by atoms with Crippen molar-refractivity contribution in [1.82, 2.24) is 15.2 Å². The van der Waals surface area contributed by atoms with Gasteiger partial charge in [0.15, 0.2) is 0 Å². The van der Waals surface area contributed by atoms with Crippen LogP contribution in [-0.2, 0) is 22.4 Å². The van der Waals surface area contributed by atoms with Crippen molar-refractivity contribution in [3.05, 3.63) is 64.7 Å². The summed E-state index contributed by atoms with van der Waals surface area (Å²) in [6.07, 6.45) is 7.24. The monoisotopic (exact) mass is 586 g/mol. The van der Waals surface area contributed by atoms with Gasteiger partial charge in [-0.05, 0) is 87.4 Å². The predicted octanol–water partition coefficient (Wildman–Crippen LogP) is 6.41. The van der Waals surface area contributed by atoms with Gasteiger partial charge in [-0.2, -0.15) is 0 Å². The molecule has 3 aliphatic rings. The third kappa shape index (κ3) is 8.16. The van der Waals surface area contributed by atoms with Gasteiger partial charge in [0.25, 0.3) is 0 Å². The lowest BCUT2D eigenvalue weighted by Crippen LogP contribution is -2.48. The van der Waals surface area contributed by atoms with Crippen LogP contribution in [-0.4, -0.2) is 68.4 Å². The summed E-state index contributed by atoms with van der Waals surface area (Å²) < 4.78 is 17.5. The van der Waals surface area contributed by atoms with Crippen molar-refractivity contribution in [2.45, 2.75) is 72.4 Å². The van der Waals surface area contributed by atoms with E-state index in [2.05, 4.69) is 80.1 Å². The summed E-state index contributed by atoms with van der Waals surface area (Å²) >= 11 is 0. The Morgan fingerprint density at radius 1 is 1.07 bits per heavy atom. The van der Waals surface area contributed by atoms with Crippen LogP contribution in [0, 0.1) is 17.8 Å². The molecule has 0 saturated carbocycles. The van der Waals surface area contributed by atoms with Gasteiger partial charge in [0.1, 0.15) is 11.6 Å². The average Bonchev–Trinajstić information content (AvgIpc) is 2.98. The first-order valence-corrected chi connectivity index (χ1v) is 16.3. The van der Waals surface area contributed by atoms with Crippen LogP contribution in [0.5, 0.6) is 5.75 Å². The molecular formula is C36H50N4O3. The highest BCUT2D eigenvalue weighted by atomic mass is 16.5. The number of aromatic nitrogens is 1. The van der Waals surface area contributed by atoms with E-state index in [-0.39, 0.29) is 6.04 Å². The standard InChI is InChI=1S/C36H50N4O3/c1-25(2)15-17-37-22-30-21-29(11-14-35(30)41-5)33-13-12-31-34(38-33)8-6-7-32(28-10-9-26(3)23-42-19-16-28)39-36(31)40-18-20-43-24-27(40)4/h6,11-14,21,25-28,37H,8-10,15-20,22-24H2,1-5H3/t7?,26-,27+,28?/m1/s1. The SMILES string of the molecule is COc1ccc(-c2ccc3c(n2)CC=C=C(C2CCOC[C@H](C)CC2)N=C3N2CCOC[C@@H]2C)cc1CNCCC(C)C. The number of hydrogen-bond acceptors (Lipinski definition) is 7. The van der Waals surface area contributed by atoms with E-state index in [1.165, 1.54) is 0 Å². The molecule has 232 valence electrons. The zero-order valence-corrected chi connectivity index (χ0v) is 26.8. The van der Waals surface area contributed by atoms with Gasteiger partial charge in [-0.1, -0.05) is 20.8 Å². The van der Waals surface area contributed by atoms with Crippen molar-refractivity contribution in [3.63, 3.8) is 0 Å². The maximum Gasteiger partial charge on any atom is 0.139 e. The number of pyridine rings is 1. The number of amidine groups is 1. The van der Waals surface area contributed by atoms with Crippen molar-refractivity contribution in [2.75, 3.05) is 46.6 Å². The van der Waals surface area contributed by atoms with Crippen LogP contribution in [0.15, 0.2) is 52.8 Å². The highest BCUT2D eigenvalue weighted by molar-refractivity contribution is 6.01. The van der Waals surface area contributed by atoms with E-state index in [9.17, 15) is 0 Å². The van der Waals surface area contributed by atoms with E-state index in [0.29, 0.717) is 37.4 Å². The highest BCUT2D eigenvalue weighted by Crippen LogP contribution is 2.31.